The van der Waals surface area contributed by atoms with Crippen LogP contribution >= 0.6 is 0 Å². The summed E-state index contributed by atoms with van der Waals surface area (Å²) in [5, 5.41) is 15.6. The molecule has 1 aromatic heterocycles. The fourth-order valence-corrected chi connectivity index (χ4v) is 4.22. The molecule has 0 aliphatic heterocycles. The van der Waals surface area contributed by atoms with Gasteiger partial charge in [0, 0.05) is 26.1 Å². The highest BCUT2D eigenvalue weighted by Gasteiger charge is 2.32. The minimum atomic E-state index is -3.69. The molecule has 8 nitrogen and oxygen atoms in total. The van der Waals surface area contributed by atoms with Crippen molar-refractivity contribution in [2.45, 2.75) is 45.1 Å². The largest absolute Gasteiger partial charge is 0.409 e. The molecule has 21 heavy (non-hydrogen) atoms. The average Bonchev–Trinajstić information content (AvgIpc) is 2.62. The molecule has 0 atom stereocenters. The fourth-order valence-electron chi connectivity index (χ4n) is 2.18. The van der Waals surface area contributed by atoms with Crippen LogP contribution in [0, 0.1) is 13.8 Å². The predicted octanol–water partition coefficient (Wildman–Crippen LogP) is 0.573. The van der Waals surface area contributed by atoms with Gasteiger partial charge in [0.15, 0.2) is 0 Å². The van der Waals surface area contributed by atoms with Gasteiger partial charge in [0.25, 0.3) is 0 Å². The third kappa shape index (κ3) is 3.53. The van der Waals surface area contributed by atoms with Gasteiger partial charge in [-0.2, -0.15) is 9.40 Å². The molecule has 0 saturated heterocycles. The maximum absolute atomic E-state index is 12.9. The lowest BCUT2D eigenvalue weighted by molar-refractivity contribution is 0.313. The third-order valence-corrected chi connectivity index (χ3v) is 5.63. The summed E-state index contributed by atoms with van der Waals surface area (Å²) >= 11 is 0. The highest BCUT2D eigenvalue weighted by molar-refractivity contribution is 7.89. The number of hydrogen-bond acceptors (Lipinski definition) is 5. The lowest BCUT2D eigenvalue weighted by Gasteiger charge is -2.25. The smallest absolute Gasteiger partial charge is 0.246 e. The van der Waals surface area contributed by atoms with Crippen molar-refractivity contribution in [2.24, 2.45) is 17.9 Å². The first-order chi connectivity index (χ1) is 9.62. The van der Waals surface area contributed by atoms with Gasteiger partial charge in [-0.25, -0.2) is 8.42 Å². The number of aryl methyl sites for hydroxylation is 2. The highest BCUT2D eigenvalue weighted by atomic mass is 32.2. The highest BCUT2D eigenvalue weighted by Crippen LogP contribution is 2.24. The molecule has 0 spiro atoms. The van der Waals surface area contributed by atoms with Crippen LogP contribution in [0.1, 0.15) is 31.7 Å². The Bertz CT molecular complexity index is 634. The van der Waals surface area contributed by atoms with Crippen LogP contribution in [0.15, 0.2) is 10.1 Å². The standard InChI is InChI=1S/C12H23N5O3S/c1-8(2)17(7-6-11(13)15-18)21(19,20)12-9(3)14-16(5)10(12)4/h8,18H,6-7H2,1-5H3,(H2,13,15). The number of nitrogens with zero attached hydrogens (tertiary/aromatic N) is 4. The molecule has 3 N–H and O–H groups in total. The first-order valence-corrected chi connectivity index (χ1v) is 8.05. The molecule has 1 heterocycles. The molecule has 0 aliphatic rings. The van der Waals surface area contributed by atoms with Crippen LogP contribution in [0.5, 0.6) is 0 Å². The molecule has 0 fully saturated rings. The number of aromatic nitrogens is 2. The quantitative estimate of drug-likeness (QED) is 0.345. The van der Waals surface area contributed by atoms with Gasteiger partial charge in [-0.1, -0.05) is 5.16 Å². The van der Waals surface area contributed by atoms with Crippen LogP contribution < -0.4 is 5.73 Å². The molecule has 0 amide bonds. The Balaban J connectivity index is 3.23. The van der Waals surface area contributed by atoms with Gasteiger partial charge >= 0.3 is 0 Å². The number of oxime groups is 1. The van der Waals surface area contributed by atoms with Gasteiger partial charge in [0.1, 0.15) is 10.7 Å². The minimum Gasteiger partial charge on any atom is -0.409 e. The van der Waals surface area contributed by atoms with Crippen molar-refractivity contribution >= 4 is 15.9 Å². The zero-order valence-corrected chi connectivity index (χ0v) is 13.8. The van der Waals surface area contributed by atoms with Gasteiger partial charge in [-0.3, -0.25) is 4.68 Å². The van der Waals surface area contributed by atoms with Crippen LogP contribution in [0.3, 0.4) is 0 Å². The van der Waals surface area contributed by atoms with E-state index in [0.29, 0.717) is 11.4 Å². The van der Waals surface area contributed by atoms with Crippen LogP contribution in [-0.4, -0.2) is 46.1 Å². The van der Waals surface area contributed by atoms with Crippen molar-refractivity contribution in [1.29, 1.82) is 0 Å². The molecule has 0 saturated carbocycles. The van der Waals surface area contributed by atoms with Crippen molar-refractivity contribution in [3.05, 3.63) is 11.4 Å². The first-order valence-electron chi connectivity index (χ1n) is 6.61. The first kappa shape index (κ1) is 17.4. The summed E-state index contributed by atoms with van der Waals surface area (Å²) in [5.74, 6) is -0.00418. The molecular formula is C12H23N5O3S. The van der Waals surface area contributed by atoms with Crippen LogP contribution in [-0.2, 0) is 17.1 Å². The SMILES string of the molecule is Cc1nn(C)c(C)c1S(=O)(=O)N(CCC(N)=NO)C(C)C. The summed E-state index contributed by atoms with van der Waals surface area (Å²) < 4.78 is 28.6. The van der Waals surface area contributed by atoms with E-state index in [1.807, 2.05) is 0 Å². The second-order valence-electron chi connectivity index (χ2n) is 5.17. The van der Waals surface area contributed by atoms with Crippen LogP contribution in [0.4, 0.5) is 0 Å². The lowest BCUT2D eigenvalue weighted by Crippen LogP contribution is -2.39. The molecule has 9 heteroatoms. The number of sulfonamides is 1. The fraction of sp³-hybridized carbons (Fsp3) is 0.667. The van der Waals surface area contributed by atoms with E-state index >= 15 is 0 Å². The van der Waals surface area contributed by atoms with Crippen molar-refractivity contribution < 1.29 is 13.6 Å². The normalized spacial score (nSPS) is 13.4. The van der Waals surface area contributed by atoms with Gasteiger partial charge in [0.05, 0.1) is 11.4 Å². The van der Waals surface area contributed by atoms with E-state index in [4.69, 9.17) is 10.9 Å². The van der Waals surface area contributed by atoms with Crippen molar-refractivity contribution in [3.63, 3.8) is 0 Å². The molecular weight excluding hydrogens is 294 g/mol. The van der Waals surface area contributed by atoms with Crippen molar-refractivity contribution in [2.75, 3.05) is 6.54 Å². The molecule has 1 rings (SSSR count). The number of hydrogen-bond donors (Lipinski definition) is 2. The van der Waals surface area contributed by atoms with Crippen LogP contribution in [0.2, 0.25) is 0 Å². The van der Waals surface area contributed by atoms with Gasteiger partial charge in [-0.15, -0.1) is 0 Å². The molecule has 0 radical (unpaired) electrons. The third-order valence-electron chi connectivity index (χ3n) is 3.30. The summed E-state index contributed by atoms with van der Waals surface area (Å²) in [4.78, 5) is 0.221. The van der Waals surface area contributed by atoms with Crippen LogP contribution in [0.25, 0.3) is 0 Å². The van der Waals surface area contributed by atoms with E-state index in [-0.39, 0.29) is 29.7 Å². The van der Waals surface area contributed by atoms with E-state index in [1.165, 1.54) is 4.31 Å². The van der Waals surface area contributed by atoms with E-state index in [1.54, 1.807) is 39.4 Å². The minimum absolute atomic E-state index is 0.00418. The Morgan fingerprint density at radius 1 is 1.48 bits per heavy atom. The maximum Gasteiger partial charge on any atom is 0.246 e. The predicted molar refractivity (Wildman–Crippen MR) is 79.7 cm³/mol. The molecule has 0 unspecified atom stereocenters. The maximum atomic E-state index is 12.9. The lowest BCUT2D eigenvalue weighted by atomic mass is 10.3. The summed E-state index contributed by atoms with van der Waals surface area (Å²) in [6, 6.07) is -0.250. The van der Waals surface area contributed by atoms with E-state index in [2.05, 4.69) is 10.3 Å². The number of amidine groups is 1. The molecule has 120 valence electrons. The Morgan fingerprint density at radius 3 is 2.43 bits per heavy atom. The molecule has 0 aromatic carbocycles. The number of nitrogens with two attached hydrogens (primary N) is 1. The Kier molecular flexibility index (Phi) is 5.35. The second-order valence-corrected chi connectivity index (χ2v) is 7.00. The Morgan fingerprint density at radius 2 is 2.05 bits per heavy atom. The molecule has 0 bridgehead atoms. The van der Waals surface area contributed by atoms with Crippen molar-refractivity contribution in [1.82, 2.24) is 14.1 Å². The van der Waals surface area contributed by atoms with E-state index in [0.717, 1.165) is 0 Å². The van der Waals surface area contributed by atoms with E-state index < -0.39 is 10.0 Å². The Labute approximate surface area is 125 Å². The summed E-state index contributed by atoms with van der Waals surface area (Å²) in [6.07, 6.45) is 0.159. The van der Waals surface area contributed by atoms with E-state index in [9.17, 15) is 8.42 Å². The second kappa shape index (κ2) is 6.44. The zero-order chi connectivity index (χ0) is 16.4. The topological polar surface area (TPSA) is 114 Å². The summed E-state index contributed by atoms with van der Waals surface area (Å²) in [7, 11) is -1.98. The summed E-state index contributed by atoms with van der Waals surface area (Å²) in [6.45, 7) is 7.09. The number of rotatable bonds is 6. The summed E-state index contributed by atoms with van der Waals surface area (Å²) in [5.41, 5.74) is 6.48. The Hall–Kier alpha value is -1.61. The van der Waals surface area contributed by atoms with Gasteiger partial charge in [0.2, 0.25) is 10.0 Å². The molecule has 1 aromatic rings. The van der Waals surface area contributed by atoms with Crippen molar-refractivity contribution in [3.8, 4) is 0 Å². The zero-order valence-electron chi connectivity index (χ0n) is 13.0. The monoisotopic (exact) mass is 317 g/mol. The molecule has 0 aliphatic carbocycles. The average molecular weight is 317 g/mol. The van der Waals surface area contributed by atoms with Gasteiger partial charge in [-0.05, 0) is 27.7 Å². The van der Waals surface area contributed by atoms with Gasteiger partial charge < -0.3 is 10.9 Å².